The van der Waals surface area contributed by atoms with E-state index >= 15 is 0 Å². The van der Waals surface area contributed by atoms with E-state index in [1.807, 2.05) is 55.5 Å². The number of para-hydroxylation sites is 2. The van der Waals surface area contributed by atoms with Gasteiger partial charge in [0, 0.05) is 46.6 Å². The second-order valence-corrected chi connectivity index (χ2v) is 8.45. The van der Waals surface area contributed by atoms with Gasteiger partial charge in [-0.05, 0) is 30.7 Å². The molecule has 2 unspecified atom stereocenters. The lowest BCUT2D eigenvalue weighted by molar-refractivity contribution is -0.124. The number of ether oxygens (including phenoxy) is 1. The van der Waals surface area contributed by atoms with Crippen LogP contribution >= 0.6 is 11.8 Å². The van der Waals surface area contributed by atoms with Crippen LogP contribution in [0.3, 0.4) is 0 Å². The molecule has 2 atom stereocenters. The van der Waals surface area contributed by atoms with Crippen LogP contribution in [0.2, 0.25) is 0 Å². The summed E-state index contributed by atoms with van der Waals surface area (Å²) in [6.45, 7) is 1.95. The van der Waals surface area contributed by atoms with Crippen molar-refractivity contribution >= 4 is 29.3 Å². The molecule has 2 aromatic rings. The summed E-state index contributed by atoms with van der Waals surface area (Å²) >= 11 is 1.59. The van der Waals surface area contributed by atoms with Crippen molar-refractivity contribution < 1.29 is 14.3 Å². The van der Waals surface area contributed by atoms with Crippen molar-refractivity contribution in [3.63, 3.8) is 0 Å². The molecule has 0 fully saturated rings. The number of hydrogen-bond acceptors (Lipinski definition) is 5. The number of carbonyl (C=O) groups is 2. The van der Waals surface area contributed by atoms with Crippen molar-refractivity contribution in [2.75, 3.05) is 26.5 Å². The first-order chi connectivity index (χ1) is 15.0. The van der Waals surface area contributed by atoms with E-state index in [9.17, 15) is 9.59 Å². The van der Waals surface area contributed by atoms with Crippen molar-refractivity contribution in [1.29, 1.82) is 0 Å². The zero-order chi connectivity index (χ0) is 22.1. The number of methoxy groups -OCH3 is 1. The monoisotopic (exact) mass is 435 g/mol. The van der Waals surface area contributed by atoms with E-state index in [0.29, 0.717) is 11.3 Å². The van der Waals surface area contributed by atoms with Crippen LogP contribution < -0.4 is 20.7 Å². The summed E-state index contributed by atoms with van der Waals surface area (Å²) in [5.74, 6) is -0.844. The van der Waals surface area contributed by atoms with E-state index in [2.05, 4.69) is 16.0 Å². The van der Waals surface area contributed by atoms with Crippen LogP contribution in [0.5, 0.6) is 5.75 Å². The maximum absolute atomic E-state index is 13.3. The summed E-state index contributed by atoms with van der Waals surface area (Å²) < 4.78 is 5.62. The van der Waals surface area contributed by atoms with Crippen molar-refractivity contribution in [2.45, 2.75) is 17.7 Å². The molecule has 1 heterocycles. The molecule has 2 aliphatic rings. The van der Waals surface area contributed by atoms with Crippen LogP contribution in [0.15, 0.2) is 75.2 Å². The molecular formula is C24H25N3O3S. The number of nitrogens with one attached hydrogen (secondary N) is 3. The number of carbonyl (C=O) groups excluding carboxylic acids is 2. The van der Waals surface area contributed by atoms with Gasteiger partial charge in [-0.2, -0.15) is 0 Å². The molecule has 7 heteroatoms. The Hall–Kier alpha value is -3.19. The quantitative estimate of drug-likeness (QED) is 0.683. The van der Waals surface area contributed by atoms with Crippen LogP contribution in [-0.2, 0) is 9.59 Å². The third kappa shape index (κ3) is 3.49. The van der Waals surface area contributed by atoms with E-state index in [1.54, 1.807) is 33.0 Å². The van der Waals surface area contributed by atoms with E-state index in [1.165, 1.54) is 0 Å². The van der Waals surface area contributed by atoms with Gasteiger partial charge in [-0.3, -0.25) is 9.59 Å². The Morgan fingerprint density at radius 1 is 1.03 bits per heavy atom. The molecule has 6 nitrogen and oxygen atoms in total. The summed E-state index contributed by atoms with van der Waals surface area (Å²) in [6, 6.07) is 15.5. The molecule has 0 aromatic heterocycles. The molecule has 0 bridgehead atoms. The minimum Gasteiger partial charge on any atom is -0.496 e. The summed E-state index contributed by atoms with van der Waals surface area (Å²) in [7, 11) is 4.83. The number of rotatable bonds is 4. The molecule has 2 aromatic carbocycles. The van der Waals surface area contributed by atoms with Gasteiger partial charge in [-0.15, -0.1) is 0 Å². The molecule has 0 saturated carbocycles. The number of hydrogen-bond donors (Lipinski definition) is 3. The van der Waals surface area contributed by atoms with Crippen LogP contribution in [0.25, 0.3) is 0 Å². The predicted octanol–water partition coefficient (Wildman–Crippen LogP) is 3.65. The van der Waals surface area contributed by atoms with E-state index in [-0.39, 0.29) is 11.8 Å². The zero-order valence-electron chi connectivity index (χ0n) is 17.9. The average Bonchev–Trinajstić information content (AvgIpc) is 2.81. The van der Waals surface area contributed by atoms with Gasteiger partial charge in [0.15, 0.2) is 0 Å². The molecular weight excluding hydrogens is 410 g/mol. The predicted molar refractivity (Wildman–Crippen MR) is 123 cm³/mol. The molecule has 3 N–H and O–H groups in total. The highest BCUT2D eigenvalue weighted by atomic mass is 32.2. The van der Waals surface area contributed by atoms with Crippen molar-refractivity contribution in [3.8, 4) is 5.75 Å². The molecule has 4 rings (SSSR count). The second-order valence-electron chi connectivity index (χ2n) is 7.40. The maximum atomic E-state index is 13.3. The first-order valence-corrected chi connectivity index (χ1v) is 10.9. The lowest BCUT2D eigenvalue weighted by atomic mass is 9.72. The Morgan fingerprint density at radius 2 is 1.74 bits per heavy atom. The highest BCUT2D eigenvalue weighted by molar-refractivity contribution is 8.03. The van der Waals surface area contributed by atoms with Gasteiger partial charge in [0.1, 0.15) is 5.75 Å². The summed E-state index contributed by atoms with van der Waals surface area (Å²) in [6.07, 6.45) is 0. The van der Waals surface area contributed by atoms with E-state index in [4.69, 9.17) is 4.74 Å². The standard InChI is InChI=1S/C24H25N3O3S/c1-13-18(23(28)25-2)19(14-9-5-7-11-16(14)30-4)20(24(29)26-3)21-22(13)31-17-12-8-6-10-15(17)27-21/h5-12,19-20,27H,1-4H3,(H,25,28)(H,26,29). The molecule has 1 aliphatic carbocycles. The summed E-state index contributed by atoms with van der Waals surface area (Å²) in [4.78, 5) is 28.4. The fourth-order valence-corrected chi connectivity index (χ4v) is 5.50. The smallest absolute Gasteiger partial charge is 0.247 e. The third-order valence-electron chi connectivity index (χ3n) is 5.79. The maximum Gasteiger partial charge on any atom is 0.247 e. The molecule has 31 heavy (non-hydrogen) atoms. The van der Waals surface area contributed by atoms with Crippen molar-refractivity contribution in [2.24, 2.45) is 5.92 Å². The van der Waals surface area contributed by atoms with E-state index < -0.39 is 11.8 Å². The highest BCUT2D eigenvalue weighted by Crippen LogP contribution is 2.54. The molecule has 0 radical (unpaired) electrons. The Morgan fingerprint density at radius 3 is 2.45 bits per heavy atom. The first kappa shape index (κ1) is 21.1. The number of thioether (sulfide) groups is 1. The normalized spacial score (nSPS) is 19.7. The van der Waals surface area contributed by atoms with Gasteiger partial charge in [-0.1, -0.05) is 42.1 Å². The number of allylic oxidation sites excluding steroid dienone is 1. The minimum absolute atomic E-state index is 0.162. The number of fused-ring (bicyclic) bond motifs is 1. The van der Waals surface area contributed by atoms with Gasteiger partial charge in [0.2, 0.25) is 11.8 Å². The lowest BCUT2D eigenvalue weighted by Crippen LogP contribution is -2.42. The Balaban J connectivity index is 1.99. The Labute approximate surface area is 186 Å². The topological polar surface area (TPSA) is 79.5 Å². The number of anilines is 1. The van der Waals surface area contributed by atoms with Crippen LogP contribution in [0.4, 0.5) is 5.69 Å². The molecule has 160 valence electrons. The fraction of sp³-hybridized carbons (Fsp3) is 0.250. The first-order valence-electron chi connectivity index (χ1n) is 10.1. The van der Waals surface area contributed by atoms with Crippen molar-refractivity contribution in [3.05, 3.63) is 75.8 Å². The van der Waals surface area contributed by atoms with E-state index in [0.717, 1.165) is 32.3 Å². The summed E-state index contributed by atoms with van der Waals surface area (Å²) in [5.41, 5.74) is 4.00. The van der Waals surface area contributed by atoms with Gasteiger partial charge in [0.25, 0.3) is 0 Å². The Bertz CT molecular complexity index is 1120. The van der Waals surface area contributed by atoms with Crippen LogP contribution in [0, 0.1) is 5.92 Å². The third-order valence-corrected chi connectivity index (χ3v) is 7.09. The van der Waals surface area contributed by atoms with Gasteiger partial charge in [0.05, 0.1) is 18.7 Å². The lowest BCUT2D eigenvalue weighted by Gasteiger charge is -2.39. The number of amides is 2. The Kier molecular flexibility index (Phi) is 5.78. The average molecular weight is 436 g/mol. The van der Waals surface area contributed by atoms with Gasteiger partial charge < -0.3 is 20.7 Å². The molecule has 1 aliphatic heterocycles. The largest absolute Gasteiger partial charge is 0.496 e. The zero-order valence-corrected chi connectivity index (χ0v) is 18.7. The fourth-order valence-electron chi connectivity index (χ4n) is 4.35. The van der Waals surface area contributed by atoms with Gasteiger partial charge in [-0.25, -0.2) is 0 Å². The van der Waals surface area contributed by atoms with Crippen LogP contribution in [-0.4, -0.2) is 33.0 Å². The SMILES string of the molecule is CNC(=O)C1=C(C)C2=C(Nc3ccccc3S2)C(C(=O)NC)C1c1ccccc1OC. The molecule has 0 saturated heterocycles. The minimum atomic E-state index is -0.617. The second kappa shape index (κ2) is 8.51. The number of likely N-dealkylation sites (N-methyl/N-ethyl adjacent to an activating group) is 1. The van der Waals surface area contributed by atoms with Crippen molar-refractivity contribution in [1.82, 2.24) is 10.6 Å². The highest BCUT2D eigenvalue weighted by Gasteiger charge is 2.45. The summed E-state index contributed by atoms with van der Waals surface area (Å²) in [5, 5.41) is 9.08. The van der Waals surface area contributed by atoms with Gasteiger partial charge >= 0.3 is 0 Å². The number of benzene rings is 2. The van der Waals surface area contributed by atoms with Crippen LogP contribution in [0.1, 0.15) is 18.4 Å². The molecule has 0 spiro atoms. The molecule has 2 amide bonds.